The monoisotopic (exact) mass is 436 g/mol. The Morgan fingerprint density at radius 3 is 2.78 bits per heavy atom. The van der Waals surface area contributed by atoms with E-state index in [1.807, 2.05) is 48.5 Å². The first-order valence-corrected chi connectivity index (χ1v) is 10.8. The topological polar surface area (TPSA) is 100 Å². The van der Waals surface area contributed by atoms with Crippen molar-refractivity contribution >= 4 is 39.1 Å². The molecule has 154 valence electrons. The summed E-state index contributed by atoms with van der Waals surface area (Å²) < 4.78 is 0. The number of H-pyrrole nitrogens is 2. The van der Waals surface area contributed by atoms with Crippen molar-refractivity contribution in [2.24, 2.45) is 0 Å². The van der Waals surface area contributed by atoms with Crippen molar-refractivity contribution in [1.29, 1.82) is 0 Å². The van der Waals surface area contributed by atoms with E-state index < -0.39 is 0 Å². The van der Waals surface area contributed by atoms with Crippen LogP contribution in [0.5, 0.6) is 0 Å². The van der Waals surface area contributed by atoms with Gasteiger partial charge in [-0.25, -0.2) is 4.98 Å². The lowest BCUT2D eigenvalue weighted by Gasteiger charge is -2.00. The van der Waals surface area contributed by atoms with E-state index in [9.17, 15) is 4.79 Å². The molecular formula is C24H16N6OS. The molecular weight excluding hydrogens is 420 g/mol. The first-order chi connectivity index (χ1) is 15.7. The molecule has 0 aliphatic rings. The van der Waals surface area contributed by atoms with Crippen molar-refractivity contribution in [3.63, 3.8) is 0 Å². The maximum atomic E-state index is 11.7. The van der Waals surface area contributed by atoms with Gasteiger partial charge in [-0.15, -0.1) is 11.3 Å². The smallest absolute Gasteiger partial charge is 0.169 e. The number of nitrogens with zero attached hydrogens (tertiary/aromatic N) is 4. The van der Waals surface area contributed by atoms with Gasteiger partial charge in [0.25, 0.3) is 0 Å². The summed E-state index contributed by atoms with van der Waals surface area (Å²) in [6, 6.07) is 15.7. The molecule has 5 aromatic heterocycles. The van der Waals surface area contributed by atoms with Gasteiger partial charge in [-0.1, -0.05) is 12.1 Å². The molecule has 0 unspecified atom stereocenters. The summed E-state index contributed by atoms with van der Waals surface area (Å²) >= 11 is 1.48. The van der Waals surface area contributed by atoms with E-state index in [1.165, 1.54) is 11.3 Å². The molecule has 0 spiro atoms. The number of ketones is 1. The fourth-order valence-electron chi connectivity index (χ4n) is 3.78. The third kappa shape index (κ3) is 3.00. The summed E-state index contributed by atoms with van der Waals surface area (Å²) in [4.78, 5) is 30.5. The molecule has 0 bridgehead atoms. The van der Waals surface area contributed by atoms with Crippen LogP contribution in [0.25, 0.3) is 55.2 Å². The standard InChI is InChI=1S/C24H16N6OS/c1-13(31)20-7-8-21(32-20)15-5-2-6-17-22(15)28-24(27-17)23-16-10-18(14-4-3-9-25-11-14)26-12-19(16)29-30-23/h2-12H,1H3,(H,27,28)(H,29,30). The number of hydrogen-bond acceptors (Lipinski definition) is 6. The zero-order valence-corrected chi connectivity index (χ0v) is 17.8. The zero-order chi connectivity index (χ0) is 21.7. The van der Waals surface area contributed by atoms with Gasteiger partial charge in [-0.05, 0) is 43.3 Å². The second-order valence-corrected chi connectivity index (χ2v) is 8.52. The highest BCUT2D eigenvalue weighted by Crippen LogP contribution is 2.35. The van der Waals surface area contributed by atoms with Crippen molar-refractivity contribution in [3.05, 3.63) is 72.0 Å². The second kappa shape index (κ2) is 7.21. The van der Waals surface area contributed by atoms with Gasteiger partial charge in [0, 0.05) is 33.8 Å². The minimum Gasteiger partial charge on any atom is -0.337 e. The third-order valence-corrected chi connectivity index (χ3v) is 6.58. The number of carbonyl (C=O) groups is 1. The molecule has 0 aliphatic heterocycles. The Morgan fingerprint density at radius 1 is 1.03 bits per heavy atom. The number of Topliss-reactive ketones (excluding diaryl/α,β-unsaturated/α-hetero) is 1. The molecule has 0 saturated heterocycles. The van der Waals surface area contributed by atoms with Crippen LogP contribution in [-0.2, 0) is 0 Å². The van der Waals surface area contributed by atoms with Gasteiger partial charge < -0.3 is 4.98 Å². The molecule has 0 amide bonds. The van der Waals surface area contributed by atoms with E-state index in [-0.39, 0.29) is 5.78 Å². The van der Waals surface area contributed by atoms with Crippen LogP contribution < -0.4 is 0 Å². The van der Waals surface area contributed by atoms with Gasteiger partial charge in [-0.2, -0.15) is 5.10 Å². The Kier molecular flexibility index (Phi) is 4.19. The maximum Gasteiger partial charge on any atom is 0.169 e. The highest BCUT2D eigenvalue weighted by atomic mass is 32.1. The summed E-state index contributed by atoms with van der Waals surface area (Å²) in [6.07, 6.45) is 5.30. The average molecular weight is 437 g/mol. The number of hydrogen-bond donors (Lipinski definition) is 2. The molecule has 0 saturated carbocycles. The van der Waals surface area contributed by atoms with Gasteiger partial charge >= 0.3 is 0 Å². The summed E-state index contributed by atoms with van der Waals surface area (Å²) in [5.74, 6) is 0.738. The first-order valence-electron chi connectivity index (χ1n) is 10.0. The fraction of sp³-hybridized carbons (Fsp3) is 0.0417. The normalized spacial score (nSPS) is 11.4. The van der Waals surface area contributed by atoms with E-state index >= 15 is 0 Å². The van der Waals surface area contributed by atoms with Crippen LogP contribution in [0.4, 0.5) is 0 Å². The van der Waals surface area contributed by atoms with Crippen LogP contribution in [-0.4, -0.2) is 35.9 Å². The third-order valence-electron chi connectivity index (χ3n) is 5.36. The fourth-order valence-corrected chi connectivity index (χ4v) is 4.71. The number of rotatable bonds is 4. The molecule has 32 heavy (non-hydrogen) atoms. The van der Waals surface area contributed by atoms with Crippen molar-refractivity contribution < 1.29 is 4.79 Å². The molecule has 0 fully saturated rings. The predicted octanol–water partition coefficient (Wildman–Crippen LogP) is 5.49. The van der Waals surface area contributed by atoms with E-state index in [0.29, 0.717) is 5.82 Å². The molecule has 8 heteroatoms. The summed E-state index contributed by atoms with van der Waals surface area (Å²) in [5.41, 5.74) is 6.06. The van der Waals surface area contributed by atoms with Gasteiger partial charge in [-0.3, -0.25) is 19.9 Å². The molecule has 6 aromatic rings. The lowest BCUT2D eigenvalue weighted by molar-refractivity contribution is 0.102. The number of thiophene rings is 1. The Labute approximate surface area is 186 Å². The van der Waals surface area contributed by atoms with Crippen LogP contribution in [0.3, 0.4) is 0 Å². The van der Waals surface area contributed by atoms with E-state index in [0.717, 1.165) is 54.2 Å². The van der Waals surface area contributed by atoms with Gasteiger partial charge in [0.2, 0.25) is 0 Å². The predicted molar refractivity (Wildman–Crippen MR) is 126 cm³/mol. The lowest BCUT2D eigenvalue weighted by atomic mass is 10.1. The van der Waals surface area contributed by atoms with Gasteiger partial charge in [0.05, 0.1) is 33.3 Å². The largest absolute Gasteiger partial charge is 0.337 e. The average Bonchev–Trinajstić information content (AvgIpc) is 3.56. The number of para-hydroxylation sites is 1. The summed E-state index contributed by atoms with van der Waals surface area (Å²) in [5, 5.41) is 8.48. The zero-order valence-electron chi connectivity index (χ0n) is 17.0. The number of aromatic amines is 2. The highest BCUT2D eigenvalue weighted by Gasteiger charge is 2.17. The number of aromatic nitrogens is 6. The van der Waals surface area contributed by atoms with Crippen LogP contribution in [0.15, 0.2) is 67.1 Å². The van der Waals surface area contributed by atoms with Crippen LogP contribution in [0, 0.1) is 0 Å². The van der Waals surface area contributed by atoms with Crippen molar-refractivity contribution in [2.45, 2.75) is 6.92 Å². The van der Waals surface area contributed by atoms with E-state index in [2.05, 4.69) is 25.1 Å². The van der Waals surface area contributed by atoms with Crippen LogP contribution >= 0.6 is 11.3 Å². The number of fused-ring (bicyclic) bond motifs is 2. The lowest BCUT2D eigenvalue weighted by Crippen LogP contribution is -1.85. The molecule has 6 rings (SSSR count). The van der Waals surface area contributed by atoms with Crippen LogP contribution in [0.1, 0.15) is 16.6 Å². The number of nitrogens with one attached hydrogen (secondary N) is 2. The first kappa shape index (κ1) is 18.6. The minimum atomic E-state index is 0.0668. The summed E-state index contributed by atoms with van der Waals surface area (Å²) in [6.45, 7) is 1.58. The van der Waals surface area contributed by atoms with Gasteiger partial charge in [0.1, 0.15) is 5.69 Å². The van der Waals surface area contributed by atoms with E-state index in [1.54, 1.807) is 25.5 Å². The highest BCUT2D eigenvalue weighted by molar-refractivity contribution is 7.17. The Balaban J connectivity index is 1.49. The SMILES string of the molecule is CC(=O)c1ccc(-c2cccc3[nH]c(-c4n[nH]c5cnc(-c6cccnc6)cc45)nc23)s1. The van der Waals surface area contributed by atoms with E-state index in [4.69, 9.17) is 4.98 Å². The Bertz CT molecular complexity index is 1610. The minimum absolute atomic E-state index is 0.0668. The van der Waals surface area contributed by atoms with Crippen LogP contribution in [0.2, 0.25) is 0 Å². The number of imidazole rings is 1. The van der Waals surface area contributed by atoms with Crippen molar-refractivity contribution in [3.8, 4) is 33.2 Å². The molecule has 0 atom stereocenters. The van der Waals surface area contributed by atoms with Gasteiger partial charge in [0.15, 0.2) is 11.6 Å². The number of pyridine rings is 2. The molecule has 0 aliphatic carbocycles. The molecule has 5 heterocycles. The summed E-state index contributed by atoms with van der Waals surface area (Å²) in [7, 11) is 0. The molecule has 1 aromatic carbocycles. The Morgan fingerprint density at radius 2 is 1.97 bits per heavy atom. The van der Waals surface area contributed by atoms with Crippen molar-refractivity contribution in [1.82, 2.24) is 30.1 Å². The molecule has 2 N–H and O–H groups in total. The number of benzene rings is 1. The number of carbonyl (C=O) groups excluding carboxylic acids is 1. The molecule has 0 radical (unpaired) electrons. The molecule has 7 nitrogen and oxygen atoms in total. The second-order valence-electron chi connectivity index (χ2n) is 7.44. The maximum absolute atomic E-state index is 11.7. The quantitative estimate of drug-likeness (QED) is 0.356. The Hall–Kier alpha value is -4.17. The van der Waals surface area contributed by atoms with Crippen molar-refractivity contribution in [2.75, 3.05) is 0 Å².